The van der Waals surface area contributed by atoms with Gasteiger partial charge in [0.05, 0.1) is 26.4 Å². The van der Waals surface area contributed by atoms with Crippen LogP contribution in [0.25, 0.3) is 0 Å². The number of carbonyl (C=O) groups excluding carboxylic acids is 1. The SMILES string of the molecule is COc1ccc(CO[C@@H](C=CCC=O)C(C=C[C@@H]2CC(C)=CCO2)OC)cc1. The highest BCUT2D eigenvalue weighted by Crippen LogP contribution is 2.18. The molecular formula is C23H30O5. The average molecular weight is 386 g/mol. The maximum Gasteiger partial charge on any atom is 0.123 e. The van der Waals surface area contributed by atoms with E-state index in [4.69, 9.17) is 18.9 Å². The Bertz CT molecular complexity index is 675. The molecule has 0 amide bonds. The minimum Gasteiger partial charge on any atom is -0.497 e. The summed E-state index contributed by atoms with van der Waals surface area (Å²) in [5, 5.41) is 0. The van der Waals surface area contributed by atoms with Gasteiger partial charge in [-0.1, -0.05) is 48.1 Å². The minimum atomic E-state index is -0.316. The zero-order chi connectivity index (χ0) is 20.2. The van der Waals surface area contributed by atoms with Gasteiger partial charge < -0.3 is 23.7 Å². The third-order valence-electron chi connectivity index (χ3n) is 4.54. The van der Waals surface area contributed by atoms with Gasteiger partial charge in [-0.2, -0.15) is 0 Å². The Balaban J connectivity index is 2.03. The summed E-state index contributed by atoms with van der Waals surface area (Å²) >= 11 is 0. The largest absolute Gasteiger partial charge is 0.497 e. The number of hydrogen-bond donors (Lipinski definition) is 0. The van der Waals surface area contributed by atoms with E-state index in [0.29, 0.717) is 19.6 Å². The second-order valence-electron chi connectivity index (χ2n) is 6.67. The molecule has 1 aromatic carbocycles. The second kappa shape index (κ2) is 12.3. The van der Waals surface area contributed by atoms with E-state index in [1.54, 1.807) is 20.3 Å². The normalized spacial score (nSPS) is 19.5. The van der Waals surface area contributed by atoms with Crippen molar-refractivity contribution in [3.05, 3.63) is 65.8 Å². The Kier molecular flexibility index (Phi) is 9.69. The zero-order valence-electron chi connectivity index (χ0n) is 16.9. The molecule has 1 aliphatic heterocycles. The van der Waals surface area contributed by atoms with E-state index >= 15 is 0 Å². The van der Waals surface area contributed by atoms with E-state index in [9.17, 15) is 4.79 Å². The van der Waals surface area contributed by atoms with Crippen molar-refractivity contribution in [3.8, 4) is 5.75 Å². The van der Waals surface area contributed by atoms with Crippen LogP contribution in [0.5, 0.6) is 5.75 Å². The molecule has 0 fully saturated rings. The van der Waals surface area contributed by atoms with Crippen molar-refractivity contribution in [2.24, 2.45) is 0 Å². The Labute approximate surface area is 167 Å². The van der Waals surface area contributed by atoms with Crippen molar-refractivity contribution in [3.63, 3.8) is 0 Å². The summed E-state index contributed by atoms with van der Waals surface area (Å²) < 4.78 is 22.7. The average Bonchev–Trinajstić information content (AvgIpc) is 2.72. The van der Waals surface area contributed by atoms with Gasteiger partial charge in [-0.15, -0.1) is 0 Å². The molecule has 0 radical (unpaired) electrons. The first-order valence-corrected chi connectivity index (χ1v) is 9.49. The lowest BCUT2D eigenvalue weighted by Gasteiger charge is -2.23. The molecule has 0 aromatic heterocycles. The van der Waals surface area contributed by atoms with Gasteiger partial charge in [0.25, 0.3) is 0 Å². The topological polar surface area (TPSA) is 54.0 Å². The van der Waals surface area contributed by atoms with Gasteiger partial charge in [0.2, 0.25) is 0 Å². The van der Waals surface area contributed by atoms with Gasteiger partial charge in [0.15, 0.2) is 0 Å². The van der Waals surface area contributed by atoms with E-state index in [-0.39, 0.29) is 18.3 Å². The molecule has 152 valence electrons. The van der Waals surface area contributed by atoms with Crippen LogP contribution in [0.1, 0.15) is 25.3 Å². The van der Waals surface area contributed by atoms with E-state index in [0.717, 1.165) is 24.0 Å². The highest BCUT2D eigenvalue weighted by atomic mass is 16.5. The summed E-state index contributed by atoms with van der Waals surface area (Å²) in [7, 11) is 3.29. The monoisotopic (exact) mass is 386 g/mol. The molecular weight excluding hydrogens is 356 g/mol. The molecule has 0 saturated heterocycles. The lowest BCUT2D eigenvalue weighted by Crippen LogP contribution is -2.28. The molecule has 0 aliphatic carbocycles. The number of ether oxygens (including phenoxy) is 4. The van der Waals surface area contributed by atoms with E-state index in [2.05, 4.69) is 13.0 Å². The van der Waals surface area contributed by atoms with Gasteiger partial charge in [0.1, 0.15) is 24.2 Å². The molecule has 5 nitrogen and oxygen atoms in total. The quantitative estimate of drug-likeness (QED) is 0.424. The second-order valence-corrected chi connectivity index (χ2v) is 6.67. The maximum absolute atomic E-state index is 10.7. The molecule has 5 heteroatoms. The number of methoxy groups -OCH3 is 2. The molecule has 1 aromatic rings. The van der Waals surface area contributed by atoms with Crippen LogP contribution in [0.3, 0.4) is 0 Å². The molecule has 0 spiro atoms. The molecule has 3 atom stereocenters. The van der Waals surface area contributed by atoms with Crippen molar-refractivity contribution in [1.29, 1.82) is 0 Å². The van der Waals surface area contributed by atoms with Gasteiger partial charge in [-0.3, -0.25) is 0 Å². The number of aldehydes is 1. The summed E-state index contributed by atoms with van der Waals surface area (Å²) in [5.74, 6) is 0.806. The van der Waals surface area contributed by atoms with Gasteiger partial charge in [-0.05, 0) is 31.0 Å². The van der Waals surface area contributed by atoms with Crippen LogP contribution >= 0.6 is 0 Å². The summed E-state index contributed by atoms with van der Waals surface area (Å²) in [4.78, 5) is 10.7. The predicted octanol–water partition coefficient (Wildman–Crippen LogP) is 4.03. The first-order chi connectivity index (χ1) is 13.7. The van der Waals surface area contributed by atoms with Crippen molar-refractivity contribution < 1.29 is 23.7 Å². The number of benzene rings is 1. The van der Waals surface area contributed by atoms with Gasteiger partial charge in [-0.25, -0.2) is 0 Å². The van der Waals surface area contributed by atoms with Crippen LogP contribution in [0.4, 0.5) is 0 Å². The van der Waals surface area contributed by atoms with Crippen molar-refractivity contribution in [2.75, 3.05) is 20.8 Å². The number of hydrogen-bond acceptors (Lipinski definition) is 5. The summed E-state index contributed by atoms with van der Waals surface area (Å²) in [5.41, 5.74) is 2.36. The fourth-order valence-corrected chi connectivity index (χ4v) is 2.90. The summed E-state index contributed by atoms with van der Waals surface area (Å²) in [6.45, 7) is 3.17. The van der Waals surface area contributed by atoms with Crippen LogP contribution < -0.4 is 4.74 Å². The van der Waals surface area contributed by atoms with Crippen LogP contribution in [-0.4, -0.2) is 45.4 Å². The lowest BCUT2D eigenvalue weighted by atomic mass is 10.1. The molecule has 1 heterocycles. The molecule has 1 unspecified atom stereocenters. The molecule has 2 rings (SSSR count). The Hall–Kier alpha value is -2.21. The smallest absolute Gasteiger partial charge is 0.123 e. The van der Waals surface area contributed by atoms with Gasteiger partial charge >= 0.3 is 0 Å². The van der Waals surface area contributed by atoms with Crippen LogP contribution in [0.2, 0.25) is 0 Å². The highest BCUT2D eigenvalue weighted by molar-refractivity contribution is 5.51. The standard InChI is InChI=1S/C23H30O5/c1-18-13-15-27-21(16-18)11-12-22(26-3)23(6-4-5-14-24)28-17-19-7-9-20(25-2)10-8-19/h4,6-14,21-23H,5,15-17H2,1-3H3/t21-,22?,23+/m1/s1. The third kappa shape index (κ3) is 7.43. The van der Waals surface area contributed by atoms with Crippen LogP contribution in [0, 0.1) is 0 Å². The van der Waals surface area contributed by atoms with Crippen molar-refractivity contribution >= 4 is 6.29 Å². The lowest BCUT2D eigenvalue weighted by molar-refractivity contribution is -0.107. The number of carbonyl (C=O) groups is 1. The first kappa shape index (κ1) is 22.1. The molecule has 1 aliphatic rings. The molecule has 0 bridgehead atoms. The van der Waals surface area contributed by atoms with Gasteiger partial charge in [0, 0.05) is 13.5 Å². The fraction of sp³-hybridized carbons (Fsp3) is 0.435. The predicted molar refractivity (Wildman–Crippen MR) is 109 cm³/mol. The van der Waals surface area contributed by atoms with Crippen molar-refractivity contribution in [2.45, 2.75) is 44.7 Å². The van der Waals surface area contributed by atoms with Crippen LogP contribution in [-0.2, 0) is 25.6 Å². The van der Waals surface area contributed by atoms with Crippen molar-refractivity contribution in [1.82, 2.24) is 0 Å². The molecule has 28 heavy (non-hydrogen) atoms. The number of allylic oxidation sites excluding steroid dienone is 1. The fourth-order valence-electron chi connectivity index (χ4n) is 2.90. The highest BCUT2D eigenvalue weighted by Gasteiger charge is 2.18. The maximum atomic E-state index is 10.7. The summed E-state index contributed by atoms with van der Waals surface area (Å²) in [6, 6.07) is 7.74. The number of rotatable bonds is 11. The minimum absolute atomic E-state index is 0.0452. The van der Waals surface area contributed by atoms with Crippen LogP contribution in [0.15, 0.2) is 60.2 Å². The Morgan fingerprint density at radius 3 is 2.61 bits per heavy atom. The van der Waals surface area contributed by atoms with E-state index in [1.807, 2.05) is 42.5 Å². The Morgan fingerprint density at radius 2 is 1.96 bits per heavy atom. The Morgan fingerprint density at radius 1 is 1.18 bits per heavy atom. The zero-order valence-corrected chi connectivity index (χ0v) is 16.9. The van der Waals surface area contributed by atoms with E-state index < -0.39 is 0 Å². The third-order valence-corrected chi connectivity index (χ3v) is 4.54. The molecule has 0 N–H and O–H groups in total. The first-order valence-electron chi connectivity index (χ1n) is 9.49. The molecule has 0 saturated carbocycles. The summed E-state index contributed by atoms with van der Waals surface area (Å²) in [6.07, 6.45) is 11.3. The van der Waals surface area contributed by atoms with E-state index in [1.165, 1.54) is 5.57 Å².